The highest BCUT2D eigenvalue weighted by atomic mass is 32.2. The molecule has 0 unspecified atom stereocenters. The van der Waals surface area contributed by atoms with Crippen molar-refractivity contribution in [3.05, 3.63) is 35.9 Å². The van der Waals surface area contributed by atoms with Crippen LogP contribution in [0.25, 0.3) is 0 Å². The fraction of sp³-hybridized carbons (Fsp3) is 0.529. The summed E-state index contributed by atoms with van der Waals surface area (Å²) < 4.78 is 0.144. The first-order valence-corrected chi connectivity index (χ1v) is 8.99. The lowest BCUT2D eigenvalue weighted by Crippen LogP contribution is -2.44. The molecule has 0 saturated carbocycles. The van der Waals surface area contributed by atoms with Crippen LogP contribution in [0.5, 0.6) is 0 Å². The van der Waals surface area contributed by atoms with Gasteiger partial charge in [0.2, 0.25) is 5.91 Å². The first-order chi connectivity index (χ1) is 11.0. The van der Waals surface area contributed by atoms with Crippen molar-refractivity contribution in [2.45, 2.75) is 31.6 Å². The Hall–Kier alpha value is -1.69. The number of hydrogen-bond donors (Lipinski definition) is 3. The SMILES string of the molecule is CN=C(NCCC(=O)NCc1ccccc1)NCC(C)(C)SC. The number of benzene rings is 1. The van der Waals surface area contributed by atoms with Gasteiger partial charge >= 0.3 is 0 Å². The molecule has 6 heteroatoms. The van der Waals surface area contributed by atoms with Gasteiger partial charge in [-0.15, -0.1) is 0 Å². The van der Waals surface area contributed by atoms with Crippen LogP contribution in [0.3, 0.4) is 0 Å². The molecule has 0 fully saturated rings. The Balaban J connectivity index is 2.22. The van der Waals surface area contributed by atoms with Crippen molar-refractivity contribution in [2.75, 3.05) is 26.4 Å². The van der Waals surface area contributed by atoms with Crippen molar-refractivity contribution in [3.8, 4) is 0 Å². The van der Waals surface area contributed by atoms with Crippen molar-refractivity contribution >= 4 is 23.6 Å². The summed E-state index contributed by atoms with van der Waals surface area (Å²) >= 11 is 1.80. The molecule has 1 aromatic rings. The second-order valence-corrected chi connectivity index (χ2v) is 7.34. The van der Waals surface area contributed by atoms with Crippen LogP contribution >= 0.6 is 11.8 Å². The molecule has 0 aliphatic rings. The van der Waals surface area contributed by atoms with Crippen LogP contribution in [0, 0.1) is 0 Å². The van der Waals surface area contributed by atoms with Crippen LogP contribution in [0.2, 0.25) is 0 Å². The van der Waals surface area contributed by atoms with Crippen molar-refractivity contribution in [2.24, 2.45) is 4.99 Å². The average molecular weight is 337 g/mol. The molecule has 1 aromatic carbocycles. The quantitative estimate of drug-likeness (QED) is 0.502. The number of rotatable bonds is 8. The lowest BCUT2D eigenvalue weighted by molar-refractivity contribution is -0.121. The number of carbonyl (C=O) groups excluding carboxylic acids is 1. The van der Waals surface area contributed by atoms with E-state index < -0.39 is 0 Å². The normalized spacial score (nSPS) is 11.9. The predicted molar refractivity (Wildman–Crippen MR) is 99.9 cm³/mol. The van der Waals surface area contributed by atoms with Crippen LogP contribution in [-0.4, -0.2) is 43.0 Å². The van der Waals surface area contributed by atoms with Crippen LogP contribution in [0.4, 0.5) is 0 Å². The topological polar surface area (TPSA) is 65.5 Å². The monoisotopic (exact) mass is 336 g/mol. The summed E-state index contributed by atoms with van der Waals surface area (Å²) in [4.78, 5) is 16.0. The highest BCUT2D eigenvalue weighted by Crippen LogP contribution is 2.19. The Bertz CT molecular complexity index is 503. The van der Waals surface area contributed by atoms with Crippen LogP contribution in [0.15, 0.2) is 35.3 Å². The summed E-state index contributed by atoms with van der Waals surface area (Å²) in [7, 11) is 1.73. The minimum atomic E-state index is 0.0289. The standard InChI is InChI=1S/C17H28N4OS/c1-17(2,23-4)13-21-16(18-3)19-11-10-15(22)20-12-14-8-6-5-7-9-14/h5-9H,10-13H2,1-4H3,(H,20,22)(H2,18,19,21). The first-order valence-electron chi connectivity index (χ1n) is 7.77. The number of amides is 1. The molecule has 0 bridgehead atoms. The smallest absolute Gasteiger partial charge is 0.222 e. The highest BCUT2D eigenvalue weighted by Gasteiger charge is 2.16. The van der Waals surface area contributed by atoms with Gasteiger partial charge in [0.15, 0.2) is 5.96 Å². The number of aliphatic imine (C=N–C) groups is 1. The third-order valence-electron chi connectivity index (χ3n) is 3.43. The molecule has 0 atom stereocenters. The largest absolute Gasteiger partial charge is 0.356 e. The zero-order valence-electron chi connectivity index (χ0n) is 14.5. The van der Waals surface area contributed by atoms with E-state index in [1.807, 2.05) is 30.3 Å². The summed E-state index contributed by atoms with van der Waals surface area (Å²) in [6, 6.07) is 9.89. The van der Waals surface area contributed by atoms with E-state index in [1.165, 1.54) is 0 Å². The zero-order chi connectivity index (χ0) is 17.1. The minimum absolute atomic E-state index is 0.0289. The minimum Gasteiger partial charge on any atom is -0.356 e. The molecular formula is C17H28N4OS. The van der Waals surface area contributed by atoms with Gasteiger partial charge in [0.1, 0.15) is 0 Å². The van der Waals surface area contributed by atoms with Gasteiger partial charge in [-0.25, -0.2) is 0 Å². The van der Waals surface area contributed by atoms with Gasteiger partial charge < -0.3 is 16.0 Å². The lowest BCUT2D eigenvalue weighted by atomic mass is 10.2. The predicted octanol–water partition coefficient (Wildman–Crippen LogP) is 2.00. The average Bonchev–Trinajstić information content (AvgIpc) is 2.57. The van der Waals surface area contributed by atoms with E-state index in [4.69, 9.17) is 0 Å². The van der Waals surface area contributed by atoms with Gasteiger partial charge in [-0.2, -0.15) is 11.8 Å². The molecule has 3 N–H and O–H groups in total. The van der Waals surface area contributed by atoms with Crippen LogP contribution < -0.4 is 16.0 Å². The number of carbonyl (C=O) groups is 1. The second-order valence-electron chi connectivity index (χ2n) is 5.83. The fourth-order valence-electron chi connectivity index (χ4n) is 1.77. The zero-order valence-corrected chi connectivity index (χ0v) is 15.3. The Kier molecular flexibility index (Phi) is 8.55. The van der Waals surface area contributed by atoms with Crippen LogP contribution in [0.1, 0.15) is 25.8 Å². The van der Waals surface area contributed by atoms with Crippen molar-refractivity contribution in [3.63, 3.8) is 0 Å². The summed E-state index contributed by atoms with van der Waals surface area (Å²) in [6.45, 7) is 6.28. The van der Waals surface area contributed by atoms with Crippen molar-refractivity contribution in [1.82, 2.24) is 16.0 Å². The summed E-state index contributed by atoms with van der Waals surface area (Å²) in [5.41, 5.74) is 1.10. The molecular weight excluding hydrogens is 308 g/mol. The molecule has 0 spiro atoms. The molecule has 0 aliphatic heterocycles. The second kappa shape index (κ2) is 10.2. The fourth-order valence-corrected chi connectivity index (χ4v) is 1.99. The molecule has 1 amide bonds. The van der Waals surface area contributed by atoms with E-state index in [2.05, 4.69) is 41.0 Å². The molecule has 1 rings (SSSR count). The van der Waals surface area contributed by atoms with E-state index in [1.54, 1.807) is 18.8 Å². The molecule has 0 radical (unpaired) electrons. The Morgan fingerprint density at radius 3 is 2.48 bits per heavy atom. The van der Waals surface area contributed by atoms with E-state index >= 15 is 0 Å². The maximum atomic E-state index is 11.8. The molecule has 128 valence electrons. The number of guanidine groups is 1. The molecule has 0 aliphatic carbocycles. The summed E-state index contributed by atoms with van der Waals surface area (Å²) in [6.07, 6.45) is 2.51. The number of nitrogens with one attached hydrogen (secondary N) is 3. The molecule has 0 saturated heterocycles. The third-order valence-corrected chi connectivity index (χ3v) is 4.68. The van der Waals surface area contributed by atoms with Gasteiger partial charge in [-0.05, 0) is 25.7 Å². The van der Waals surface area contributed by atoms with E-state index in [0.29, 0.717) is 19.5 Å². The van der Waals surface area contributed by atoms with E-state index in [0.717, 1.165) is 18.1 Å². The van der Waals surface area contributed by atoms with Crippen LogP contribution in [-0.2, 0) is 11.3 Å². The number of thioether (sulfide) groups is 1. The first kappa shape index (κ1) is 19.4. The number of hydrogen-bond acceptors (Lipinski definition) is 3. The maximum absolute atomic E-state index is 11.8. The lowest BCUT2D eigenvalue weighted by Gasteiger charge is -2.23. The Labute approximate surface area is 143 Å². The Morgan fingerprint density at radius 1 is 1.17 bits per heavy atom. The van der Waals surface area contributed by atoms with E-state index in [9.17, 15) is 4.79 Å². The summed E-state index contributed by atoms with van der Waals surface area (Å²) in [5, 5.41) is 9.36. The maximum Gasteiger partial charge on any atom is 0.222 e. The Morgan fingerprint density at radius 2 is 1.87 bits per heavy atom. The summed E-state index contributed by atoms with van der Waals surface area (Å²) in [5.74, 6) is 0.754. The van der Waals surface area contributed by atoms with Crippen molar-refractivity contribution in [1.29, 1.82) is 0 Å². The van der Waals surface area contributed by atoms with Gasteiger partial charge in [0.25, 0.3) is 0 Å². The molecule has 0 aromatic heterocycles. The van der Waals surface area contributed by atoms with E-state index in [-0.39, 0.29) is 10.7 Å². The van der Waals surface area contributed by atoms with Gasteiger partial charge in [-0.3, -0.25) is 9.79 Å². The molecule has 5 nitrogen and oxygen atoms in total. The third kappa shape index (κ3) is 8.50. The van der Waals surface area contributed by atoms with Gasteiger partial charge in [0.05, 0.1) is 0 Å². The molecule has 0 heterocycles. The van der Waals surface area contributed by atoms with Gasteiger partial charge in [-0.1, -0.05) is 30.3 Å². The highest BCUT2D eigenvalue weighted by molar-refractivity contribution is 7.99. The van der Waals surface area contributed by atoms with Gasteiger partial charge in [0, 0.05) is 37.8 Å². The number of nitrogens with zero attached hydrogens (tertiary/aromatic N) is 1. The molecule has 23 heavy (non-hydrogen) atoms. The van der Waals surface area contributed by atoms with Crippen molar-refractivity contribution < 1.29 is 4.79 Å².